The topological polar surface area (TPSA) is 104 Å². The number of aryl methyl sites for hydroxylation is 1. The highest BCUT2D eigenvalue weighted by Gasteiger charge is 2.20. The number of hydrogen-bond donors (Lipinski definition) is 2. The summed E-state index contributed by atoms with van der Waals surface area (Å²) in [5.41, 5.74) is 7.08. The molecule has 7 nitrogen and oxygen atoms in total. The number of nitrogens with two attached hydrogens (primary N) is 1. The molecule has 0 saturated heterocycles. The lowest BCUT2D eigenvalue weighted by molar-refractivity contribution is 0.100. The summed E-state index contributed by atoms with van der Waals surface area (Å²) in [4.78, 5) is 28.7. The van der Waals surface area contributed by atoms with Crippen LogP contribution in [-0.4, -0.2) is 37.6 Å². The molecule has 0 bridgehead atoms. The van der Waals surface area contributed by atoms with E-state index in [2.05, 4.69) is 38.0 Å². The first-order valence-corrected chi connectivity index (χ1v) is 14.1. The van der Waals surface area contributed by atoms with Crippen LogP contribution in [-0.2, 0) is 4.74 Å². The van der Waals surface area contributed by atoms with E-state index in [4.69, 9.17) is 15.2 Å². The average molecular weight is 544 g/mol. The van der Waals surface area contributed by atoms with E-state index < -0.39 is 5.91 Å². The summed E-state index contributed by atoms with van der Waals surface area (Å²) in [7, 11) is 3.29. The molecule has 0 fully saturated rings. The first-order valence-electron chi connectivity index (χ1n) is 13.3. The Morgan fingerprint density at radius 2 is 1.71 bits per heavy atom. The lowest BCUT2D eigenvalue weighted by Gasteiger charge is -2.21. The Morgan fingerprint density at radius 1 is 1.05 bits per heavy atom. The maximum atomic E-state index is 12.8. The number of carbonyl (C=O) groups excluding carboxylic acids is 2. The second-order valence-corrected chi connectivity index (χ2v) is 10.5. The molecule has 2 aromatic carbocycles. The Balaban J connectivity index is 0.000000439. The van der Waals surface area contributed by atoms with E-state index >= 15 is 0 Å². The van der Waals surface area contributed by atoms with Crippen LogP contribution in [0.5, 0.6) is 5.75 Å². The van der Waals surface area contributed by atoms with Gasteiger partial charge in [-0.3, -0.25) is 9.59 Å². The van der Waals surface area contributed by atoms with Crippen LogP contribution in [0.4, 0.5) is 5.69 Å². The van der Waals surface area contributed by atoms with Gasteiger partial charge in [0.25, 0.3) is 11.8 Å². The van der Waals surface area contributed by atoms with Gasteiger partial charge in [-0.25, -0.2) is 4.98 Å². The number of nitrogens with one attached hydrogen (secondary N) is 1. The van der Waals surface area contributed by atoms with Crippen molar-refractivity contribution in [2.45, 2.75) is 61.3 Å². The number of methoxy groups -OCH3 is 2. The summed E-state index contributed by atoms with van der Waals surface area (Å²) >= 11 is 1.41. The Hall–Kier alpha value is -2.97. The van der Waals surface area contributed by atoms with E-state index in [9.17, 15) is 9.59 Å². The number of fused-ring (bicyclic) bond motifs is 1. The molecule has 3 unspecified atom stereocenters. The Morgan fingerprint density at radius 3 is 2.29 bits per heavy atom. The summed E-state index contributed by atoms with van der Waals surface area (Å²) in [6.07, 6.45) is 2.59. The fourth-order valence-electron chi connectivity index (χ4n) is 4.08. The van der Waals surface area contributed by atoms with E-state index in [0.29, 0.717) is 22.9 Å². The van der Waals surface area contributed by atoms with Crippen molar-refractivity contribution >= 4 is 39.1 Å². The van der Waals surface area contributed by atoms with Crippen molar-refractivity contribution in [1.29, 1.82) is 0 Å². The van der Waals surface area contributed by atoms with Gasteiger partial charge >= 0.3 is 0 Å². The van der Waals surface area contributed by atoms with Gasteiger partial charge in [0.05, 0.1) is 33.6 Å². The molecule has 3 rings (SSSR count). The predicted molar refractivity (Wildman–Crippen MR) is 159 cm³/mol. The summed E-state index contributed by atoms with van der Waals surface area (Å²) in [5.74, 6) is 1.85. The zero-order valence-corrected chi connectivity index (χ0v) is 25.2. The van der Waals surface area contributed by atoms with Gasteiger partial charge in [0.2, 0.25) is 0 Å². The Bertz CT molecular complexity index is 1160. The number of hydrogen-bond acceptors (Lipinski definition) is 6. The monoisotopic (exact) mass is 543 g/mol. The number of para-hydroxylation sites is 1. The molecule has 1 heterocycles. The number of rotatable bonds is 10. The number of aromatic nitrogens is 1. The molecule has 210 valence electrons. The van der Waals surface area contributed by atoms with Crippen LogP contribution < -0.4 is 15.8 Å². The summed E-state index contributed by atoms with van der Waals surface area (Å²) < 4.78 is 11.2. The van der Waals surface area contributed by atoms with Crippen LogP contribution in [0.3, 0.4) is 0 Å². The molecule has 0 spiro atoms. The third-order valence-electron chi connectivity index (χ3n) is 6.35. The maximum Gasteiger partial charge on any atom is 0.260 e. The molecule has 8 heteroatoms. The smallest absolute Gasteiger partial charge is 0.260 e. The molecule has 0 aliphatic heterocycles. The largest absolute Gasteiger partial charge is 0.496 e. The predicted octanol–water partition coefficient (Wildman–Crippen LogP) is 7.33. The molecule has 3 N–H and O–H groups in total. The molecule has 0 saturated carbocycles. The standard InChI is InChI=1S/C17H15N3O3S.C11H24O.C2H6/c1-9-19-12-7-8-13(23-2)14(15(12)24-9)17(22)20-11-6-4-3-5-10(11)16(18)21;1-6-10(3)11(4)7-9(2)8-12-5;1-2/h3-8H,1-2H3,(H2,18,21)(H,20,22);9-11H,6-8H2,1-5H3;1-2H3. The number of thiazole rings is 1. The zero-order valence-electron chi connectivity index (χ0n) is 24.4. The number of anilines is 1. The number of primary amides is 1. The van der Waals surface area contributed by atoms with E-state index in [0.717, 1.165) is 33.7 Å². The minimum Gasteiger partial charge on any atom is -0.496 e. The number of ether oxygens (including phenoxy) is 2. The van der Waals surface area contributed by atoms with Crippen molar-refractivity contribution in [2.75, 3.05) is 26.1 Å². The normalized spacial score (nSPS) is 12.8. The van der Waals surface area contributed by atoms with Gasteiger partial charge in [0.15, 0.2) is 0 Å². The molecule has 1 aromatic heterocycles. The molecule has 0 aliphatic rings. The number of nitrogens with zero attached hydrogens (tertiary/aromatic N) is 1. The van der Waals surface area contributed by atoms with Crippen LogP contribution in [0.25, 0.3) is 10.2 Å². The fraction of sp³-hybridized carbons (Fsp3) is 0.500. The van der Waals surface area contributed by atoms with Crippen LogP contribution in [0.1, 0.15) is 80.1 Å². The van der Waals surface area contributed by atoms with Crippen molar-refractivity contribution in [3.05, 3.63) is 52.5 Å². The molecule has 3 aromatic rings. The highest BCUT2D eigenvalue weighted by atomic mass is 32.1. The lowest BCUT2D eigenvalue weighted by Crippen LogP contribution is -2.18. The summed E-state index contributed by atoms with van der Waals surface area (Å²) in [5, 5.41) is 3.60. The Labute approximate surface area is 232 Å². The van der Waals surface area contributed by atoms with E-state index in [1.165, 1.54) is 31.3 Å². The molecule has 38 heavy (non-hydrogen) atoms. The Kier molecular flexibility index (Phi) is 14.6. The number of benzene rings is 2. The highest BCUT2D eigenvalue weighted by Crippen LogP contribution is 2.33. The van der Waals surface area contributed by atoms with Crippen molar-refractivity contribution in [2.24, 2.45) is 23.5 Å². The third kappa shape index (κ3) is 9.40. The quantitative estimate of drug-likeness (QED) is 0.279. The van der Waals surface area contributed by atoms with Gasteiger partial charge in [-0.2, -0.15) is 0 Å². The first kappa shape index (κ1) is 33.1. The average Bonchev–Trinajstić information content (AvgIpc) is 3.29. The number of carbonyl (C=O) groups is 2. The lowest BCUT2D eigenvalue weighted by atomic mass is 9.86. The van der Waals surface area contributed by atoms with Crippen LogP contribution in [0, 0.1) is 24.7 Å². The van der Waals surface area contributed by atoms with Gasteiger partial charge < -0.3 is 20.5 Å². The highest BCUT2D eigenvalue weighted by molar-refractivity contribution is 7.19. The zero-order chi connectivity index (χ0) is 28.8. The third-order valence-corrected chi connectivity index (χ3v) is 7.36. The van der Waals surface area contributed by atoms with Gasteiger partial charge in [-0.1, -0.05) is 60.1 Å². The summed E-state index contributed by atoms with van der Waals surface area (Å²) in [6, 6.07) is 10.1. The van der Waals surface area contributed by atoms with Crippen LogP contribution in [0.15, 0.2) is 36.4 Å². The second-order valence-electron chi connectivity index (χ2n) is 9.25. The second kappa shape index (κ2) is 16.8. The maximum absolute atomic E-state index is 12.8. The van der Waals surface area contributed by atoms with E-state index in [-0.39, 0.29) is 11.5 Å². The van der Waals surface area contributed by atoms with Crippen molar-refractivity contribution < 1.29 is 19.1 Å². The van der Waals surface area contributed by atoms with Crippen LogP contribution in [0.2, 0.25) is 0 Å². The van der Waals surface area contributed by atoms with E-state index in [1.54, 1.807) is 37.4 Å². The van der Waals surface area contributed by atoms with Crippen molar-refractivity contribution in [3.63, 3.8) is 0 Å². The molecular formula is C30H45N3O4S. The van der Waals surface area contributed by atoms with Gasteiger partial charge in [-0.15, -0.1) is 11.3 Å². The van der Waals surface area contributed by atoms with Crippen molar-refractivity contribution in [1.82, 2.24) is 4.98 Å². The first-order chi connectivity index (χ1) is 18.1. The molecule has 0 radical (unpaired) electrons. The fourth-order valence-corrected chi connectivity index (χ4v) is 5.04. The van der Waals surface area contributed by atoms with Gasteiger partial charge in [0, 0.05) is 13.7 Å². The van der Waals surface area contributed by atoms with E-state index in [1.807, 2.05) is 26.8 Å². The van der Waals surface area contributed by atoms with Gasteiger partial charge in [-0.05, 0) is 55.4 Å². The summed E-state index contributed by atoms with van der Waals surface area (Å²) in [6.45, 7) is 16.0. The van der Waals surface area contributed by atoms with Crippen LogP contribution >= 0.6 is 11.3 Å². The number of amides is 2. The minimum absolute atomic E-state index is 0.248. The molecular weight excluding hydrogens is 498 g/mol. The SMILES string of the molecule is CC.CCC(C)C(C)CC(C)COC.COc1ccc2nc(C)sc2c1C(=O)Nc1ccccc1C(N)=O. The molecule has 0 aliphatic carbocycles. The minimum atomic E-state index is -0.607. The molecule has 2 amide bonds. The van der Waals surface area contributed by atoms with Gasteiger partial charge in [0.1, 0.15) is 11.3 Å². The molecule has 3 atom stereocenters. The van der Waals surface area contributed by atoms with Crippen molar-refractivity contribution in [3.8, 4) is 5.75 Å².